The molecule has 5 rings (SSSR count). The standard InChI is InChI=1S/C22H20N6O3.CH2O2/c29-21(19-7-4-8-20-23-14-24-28(19)20)25-18-13-27(22(30)17-10-12-31-26-17)11-9-16(18)15-5-2-1-3-6-15;2-1-3/h1-8,10,12,14,16,18H,9,11,13H2,(H,25,29);1H,(H,2,3)/t16-,18+;/m0./s1. The summed E-state index contributed by atoms with van der Waals surface area (Å²) < 4.78 is 6.32. The van der Waals surface area contributed by atoms with Crippen LogP contribution in [0.15, 0.2) is 71.7 Å². The molecule has 1 fully saturated rings. The van der Waals surface area contributed by atoms with Gasteiger partial charge in [-0.05, 0) is 24.1 Å². The van der Waals surface area contributed by atoms with Gasteiger partial charge < -0.3 is 19.8 Å². The van der Waals surface area contributed by atoms with Gasteiger partial charge in [0.1, 0.15) is 18.3 Å². The minimum absolute atomic E-state index is 0.0708. The van der Waals surface area contributed by atoms with Gasteiger partial charge in [-0.1, -0.05) is 41.6 Å². The first-order valence-electron chi connectivity index (χ1n) is 10.5. The van der Waals surface area contributed by atoms with Gasteiger partial charge in [0, 0.05) is 25.1 Å². The Morgan fingerprint density at radius 3 is 2.65 bits per heavy atom. The number of benzene rings is 1. The van der Waals surface area contributed by atoms with Gasteiger partial charge in [-0.15, -0.1) is 0 Å². The monoisotopic (exact) mass is 462 g/mol. The van der Waals surface area contributed by atoms with Crippen LogP contribution in [-0.4, -0.2) is 67.2 Å². The zero-order valence-corrected chi connectivity index (χ0v) is 18.0. The third-order valence-electron chi connectivity index (χ3n) is 5.64. The second-order valence-corrected chi connectivity index (χ2v) is 7.57. The van der Waals surface area contributed by atoms with Gasteiger partial charge in [-0.3, -0.25) is 14.4 Å². The first kappa shape index (κ1) is 22.6. The molecular weight excluding hydrogens is 440 g/mol. The van der Waals surface area contributed by atoms with Crippen LogP contribution in [0.1, 0.15) is 38.9 Å². The minimum atomic E-state index is -0.279. The van der Waals surface area contributed by atoms with E-state index in [9.17, 15) is 9.59 Å². The Hall–Kier alpha value is -4.54. The predicted octanol–water partition coefficient (Wildman–Crippen LogP) is 1.85. The van der Waals surface area contributed by atoms with Crippen LogP contribution in [0.5, 0.6) is 0 Å². The number of rotatable bonds is 4. The molecule has 0 aliphatic carbocycles. The molecule has 11 heteroatoms. The van der Waals surface area contributed by atoms with Gasteiger partial charge in [0.2, 0.25) is 0 Å². The van der Waals surface area contributed by atoms with Crippen LogP contribution >= 0.6 is 0 Å². The van der Waals surface area contributed by atoms with Gasteiger partial charge in [-0.25, -0.2) is 9.50 Å². The van der Waals surface area contributed by atoms with Gasteiger partial charge in [0.05, 0.1) is 6.04 Å². The van der Waals surface area contributed by atoms with Gasteiger partial charge >= 0.3 is 0 Å². The maximum Gasteiger partial charge on any atom is 0.290 e. The lowest BCUT2D eigenvalue weighted by Crippen LogP contribution is -2.53. The van der Waals surface area contributed by atoms with Crippen LogP contribution < -0.4 is 5.32 Å². The van der Waals surface area contributed by atoms with E-state index in [1.165, 1.54) is 17.1 Å². The van der Waals surface area contributed by atoms with Crippen molar-refractivity contribution in [2.45, 2.75) is 18.4 Å². The van der Waals surface area contributed by atoms with Gasteiger partial charge in [0.25, 0.3) is 18.3 Å². The number of pyridine rings is 1. The number of carbonyl (C=O) groups is 3. The van der Waals surface area contributed by atoms with Crippen LogP contribution in [-0.2, 0) is 4.79 Å². The molecule has 4 heterocycles. The van der Waals surface area contributed by atoms with Crippen LogP contribution in [0, 0.1) is 0 Å². The summed E-state index contributed by atoms with van der Waals surface area (Å²) in [4.78, 5) is 40.2. The van der Waals surface area contributed by atoms with Crippen LogP contribution in [0.25, 0.3) is 5.65 Å². The van der Waals surface area contributed by atoms with E-state index in [1.807, 2.05) is 18.2 Å². The SMILES string of the molecule is O=C(N[C@@H]1CN(C(=O)c2ccon2)CC[C@H]1c1ccccc1)c1cccc2ncnn12.O=CO. The molecule has 2 atom stereocenters. The molecule has 1 aromatic carbocycles. The fourth-order valence-electron chi connectivity index (χ4n) is 4.13. The second-order valence-electron chi connectivity index (χ2n) is 7.57. The number of hydrogen-bond acceptors (Lipinski definition) is 7. The number of nitrogens with one attached hydrogen (secondary N) is 1. The molecule has 4 aromatic rings. The molecule has 1 saturated heterocycles. The second kappa shape index (κ2) is 10.4. The Labute approximate surface area is 194 Å². The lowest BCUT2D eigenvalue weighted by atomic mass is 9.85. The average Bonchev–Trinajstić information content (AvgIpc) is 3.57. The van der Waals surface area contributed by atoms with E-state index < -0.39 is 0 Å². The summed E-state index contributed by atoms with van der Waals surface area (Å²) in [7, 11) is 0. The van der Waals surface area contributed by atoms with E-state index in [4.69, 9.17) is 14.4 Å². The minimum Gasteiger partial charge on any atom is -0.483 e. The number of hydrogen-bond donors (Lipinski definition) is 2. The third kappa shape index (κ3) is 4.77. The first-order valence-corrected chi connectivity index (χ1v) is 10.5. The highest BCUT2D eigenvalue weighted by molar-refractivity contribution is 5.94. The Morgan fingerprint density at radius 1 is 1.12 bits per heavy atom. The number of carbonyl (C=O) groups excluding carboxylic acids is 2. The zero-order chi connectivity index (χ0) is 23.9. The first-order chi connectivity index (χ1) is 16.6. The predicted molar refractivity (Wildman–Crippen MR) is 119 cm³/mol. The van der Waals surface area contributed by atoms with E-state index in [0.29, 0.717) is 30.9 Å². The lowest BCUT2D eigenvalue weighted by molar-refractivity contribution is -0.122. The maximum absolute atomic E-state index is 13.2. The maximum atomic E-state index is 13.2. The van der Waals surface area contributed by atoms with Crippen molar-refractivity contribution >= 4 is 23.9 Å². The summed E-state index contributed by atoms with van der Waals surface area (Å²) in [5, 5.41) is 17.9. The molecule has 0 bridgehead atoms. The Bertz CT molecular complexity index is 1260. The molecule has 0 radical (unpaired) electrons. The summed E-state index contributed by atoms with van der Waals surface area (Å²) in [5.74, 6) is -0.405. The van der Waals surface area contributed by atoms with Crippen molar-refractivity contribution in [3.63, 3.8) is 0 Å². The van der Waals surface area contributed by atoms with Crippen molar-refractivity contribution in [1.29, 1.82) is 0 Å². The molecule has 0 unspecified atom stereocenters. The average molecular weight is 462 g/mol. The summed E-state index contributed by atoms with van der Waals surface area (Å²) >= 11 is 0. The number of fused-ring (bicyclic) bond motifs is 1. The van der Waals surface area contributed by atoms with E-state index in [1.54, 1.807) is 29.2 Å². The number of carboxylic acid groups (broad SMARTS) is 1. The summed E-state index contributed by atoms with van der Waals surface area (Å²) in [5.41, 5.74) is 2.37. The van der Waals surface area contributed by atoms with Crippen molar-refractivity contribution in [2.75, 3.05) is 13.1 Å². The van der Waals surface area contributed by atoms with Gasteiger partial charge in [-0.2, -0.15) is 5.10 Å². The van der Waals surface area contributed by atoms with E-state index >= 15 is 0 Å². The van der Waals surface area contributed by atoms with Crippen molar-refractivity contribution in [2.24, 2.45) is 0 Å². The lowest BCUT2D eigenvalue weighted by Gasteiger charge is -2.39. The van der Waals surface area contributed by atoms with E-state index in [-0.39, 0.29) is 35.9 Å². The number of likely N-dealkylation sites (tertiary alicyclic amines) is 1. The van der Waals surface area contributed by atoms with E-state index in [2.05, 4.69) is 32.7 Å². The van der Waals surface area contributed by atoms with Crippen LogP contribution in [0.3, 0.4) is 0 Å². The van der Waals surface area contributed by atoms with Crippen LogP contribution in [0.4, 0.5) is 0 Å². The quantitative estimate of drug-likeness (QED) is 0.438. The number of amides is 2. The number of piperidine rings is 1. The van der Waals surface area contributed by atoms with Crippen LogP contribution in [0.2, 0.25) is 0 Å². The Morgan fingerprint density at radius 2 is 1.91 bits per heavy atom. The third-order valence-corrected chi connectivity index (χ3v) is 5.64. The molecule has 11 nitrogen and oxygen atoms in total. The zero-order valence-electron chi connectivity index (χ0n) is 18.0. The van der Waals surface area contributed by atoms with E-state index in [0.717, 1.165) is 5.56 Å². The highest BCUT2D eigenvalue weighted by Gasteiger charge is 2.34. The molecule has 1 aliphatic rings. The number of nitrogens with zero attached hydrogens (tertiary/aromatic N) is 5. The molecule has 0 spiro atoms. The largest absolute Gasteiger partial charge is 0.483 e. The van der Waals surface area contributed by atoms with Crippen molar-refractivity contribution in [1.82, 2.24) is 30.0 Å². The summed E-state index contributed by atoms with van der Waals surface area (Å²) in [6.07, 6.45) is 3.51. The molecule has 0 saturated carbocycles. The smallest absolute Gasteiger partial charge is 0.290 e. The fourth-order valence-corrected chi connectivity index (χ4v) is 4.13. The molecule has 1 aliphatic heterocycles. The Balaban J connectivity index is 0.000000868. The molecule has 2 N–H and O–H groups in total. The highest BCUT2D eigenvalue weighted by Crippen LogP contribution is 2.29. The summed E-state index contributed by atoms with van der Waals surface area (Å²) in [6, 6.07) is 16.6. The molecule has 2 amide bonds. The number of aromatic nitrogens is 4. The normalized spacial score (nSPS) is 17.5. The molecule has 3 aromatic heterocycles. The summed E-state index contributed by atoms with van der Waals surface area (Å²) in [6.45, 7) is 0.681. The molecule has 34 heavy (non-hydrogen) atoms. The fraction of sp³-hybridized carbons (Fsp3) is 0.217. The van der Waals surface area contributed by atoms with Crippen molar-refractivity contribution < 1.29 is 24.0 Å². The Kier molecular flexibility index (Phi) is 6.92. The highest BCUT2D eigenvalue weighted by atomic mass is 16.5. The molecule has 174 valence electrons. The molecular formula is C23H22N6O5. The van der Waals surface area contributed by atoms with Crippen molar-refractivity contribution in [3.8, 4) is 0 Å². The van der Waals surface area contributed by atoms with Gasteiger partial charge in [0.15, 0.2) is 11.3 Å². The topological polar surface area (TPSA) is 143 Å². The van der Waals surface area contributed by atoms with Crippen molar-refractivity contribution in [3.05, 3.63) is 84.1 Å².